The maximum Gasteiger partial charge on any atom is 0.238 e. The first kappa shape index (κ1) is 9.00. The second kappa shape index (κ2) is 3.29. The van der Waals surface area contributed by atoms with Crippen LogP contribution < -0.4 is 10.6 Å². The minimum Gasteiger partial charge on any atom is -0.337 e. The van der Waals surface area contributed by atoms with Crippen molar-refractivity contribution >= 4 is 5.91 Å². The summed E-state index contributed by atoms with van der Waals surface area (Å²) in [6.45, 7) is 1.94. The Morgan fingerprint density at radius 3 is 2.31 bits per heavy atom. The standard InChI is InChI=1S/C10H18N2O/c1-8-9(13)12-10(11-8)6-4-2-3-5-7-10/h8,11H,2-7H2,1H3,(H,12,13). The number of amides is 1. The lowest BCUT2D eigenvalue weighted by Crippen LogP contribution is -2.49. The van der Waals surface area contributed by atoms with Gasteiger partial charge in [0.15, 0.2) is 0 Å². The summed E-state index contributed by atoms with van der Waals surface area (Å²) in [7, 11) is 0. The third-order valence-corrected chi connectivity index (χ3v) is 3.21. The van der Waals surface area contributed by atoms with Crippen molar-refractivity contribution < 1.29 is 4.79 Å². The molecule has 13 heavy (non-hydrogen) atoms. The lowest BCUT2D eigenvalue weighted by molar-refractivity contribution is -0.120. The number of hydrogen-bond donors (Lipinski definition) is 2. The third-order valence-electron chi connectivity index (χ3n) is 3.21. The zero-order chi connectivity index (χ0) is 9.31. The molecule has 1 aliphatic carbocycles. The molecule has 0 aromatic heterocycles. The van der Waals surface area contributed by atoms with E-state index in [4.69, 9.17) is 0 Å². The van der Waals surface area contributed by atoms with Crippen molar-refractivity contribution in [2.75, 3.05) is 0 Å². The smallest absolute Gasteiger partial charge is 0.238 e. The third kappa shape index (κ3) is 1.70. The molecule has 1 unspecified atom stereocenters. The Labute approximate surface area is 79.3 Å². The quantitative estimate of drug-likeness (QED) is 0.590. The molecule has 3 nitrogen and oxygen atoms in total. The van der Waals surface area contributed by atoms with Crippen LogP contribution in [0.1, 0.15) is 45.4 Å². The molecule has 0 radical (unpaired) electrons. The van der Waals surface area contributed by atoms with Gasteiger partial charge in [-0.15, -0.1) is 0 Å². The van der Waals surface area contributed by atoms with E-state index in [0.29, 0.717) is 0 Å². The van der Waals surface area contributed by atoms with Gasteiger partial charge in [-0.2, -0.15) is 0 Å². The molecule has 3 heteroatoms. The summed E-state index contributed by atoms with van der Waals surface area (Å²) < 4.78 is 0. The zero-order valence-electron chi connectivity index (χ0n) is 8.23. The van der Waals surface area contributed by atoms with Gasteiger partial charge in [-0.3, -0.25) is 10.1 Å². The Kier molecular flexibility index (Phi) is 2.28. The van der Waals surface area contributed by atoms with Crippen molar-refractivity contribution in [3.05, 3.63) is 0 Å². The van der Waals surface area contributed by atoms with Crippen LogP contribution in [0.2, 0.25) is 0 Å². The van der Waals surface area contributed by atoms with Crippen LogP contribution in [0.25, 0.3) is 0 Å². The number of carbonyl (C=O) groups is 1. The predicted octanol–water partition coefficient (Wildman–Crippen LogP) is 1.14. The van der Waals surface area contributed by atoms with Crippen LogP contribution in [0, 0.1) is 0 Å². The SMILES string of the molecule is CC1NC2(CCCCCC2)NC1=O. The van der Waals surface area contributed by atoms with Crippen LogP contribution in [0.3, 0.4) is 0 Å². The highest BCUT2D eigenvalue weighted by atomic mass is 16.2. The monoisotopic (exact) mass is 182 g/mol. The lowest BCUT2D eigenvalue weighted by Gasteiger charge is -2.28. The van der Waals surface area contributed by atoms with Gasteiger partial charge in [0.05, 0.1) is 11.7 Å². The minimum atomic E-state index is -0.0486. The van der Waals surface area contributed by atoms with Crippen LogP contribution in [-0.4, -0.2) is 17.6 Å². The van der Waals surface area contributed by atoms with Crippen molar-refractivity contribution in [3.63, 3.8) is 0 Å². The van der Waals surface area contributed by atoms with Crippen LogP contribution in [-0.2, 0) is 4.79 Å². The Balaban J connectivity index is 2.07. The number of nitrogens with one attached hydrogen (secondary N) is 2. The molecule has 1 atom stereocenters. The van der Waals surface area contributed by atoms with E-state index in [-0.39, 0.29) is 17.6 Å². The molecule has 1 amide bonds. The van der Waals surface area contributed by atoms with Gasteiger partial charge in [0.1, 0.15) is 0 Å². The summed E-state index contributed by atoms with van der Waals surface area (Å²) in [5.74, 6) is 0.168. The summed E-state index contributed by atoms with van der Waals surface area (Å²) in [4.78, 5) is 11.4. The van der Waals surface area contributed by atoms with Crippen molar-refractivity contribution in [2.24, 2.45) is 0 Å². The fraction of sp³-hybridized carbons (Fsp3) is 0.900. The average molecular weight is 182 g/mol. The fourth-order valence-electron chi connectivity index (χ4n) is 2.46. The normalized spacial score (nSPS) is 33.0. The second-order valence-electron chi connectivity index (χ2n) is 4.35. The summed E-state index contributed by atoms with van der Waals surface area (Å²) in [5.41, 5.74) is -0.0486. The fourth-order valence-corrected chi connectivity index (χ4v) is 2.46. The summed E-state index contributed by atoms with van der Waals surface area (Å²) in [5, 5.41) is 6.51. The first-order chi connectivity index (χ1) is 6.22. The predicted molar refractivity (Wildman–Crippen MR) is 51.2 cm³/mol. The van der Waals surface area contributed by atoms with E-state index in [1.807, 2.05) is 6.92 Å². The van der Waals surface area contributed by atoms with Gasteiger partial charge in [-0.05, 0) is 32.6 Å². The Bertz CT molecular complexity index is 207. The van der Waals surface area contributed by atoms with Crippen LogP contribution in [0.4, 0.5) is 0 Å². The minimum absolute atomic E-state index is 0.00176. The van der Waals surface area contributed by atoms with Gasteiger partial charge in [0.2, 0.25) is 5.91 Å². The van der Waals surface area contributed by atoms with Crippen LogP contribution in [0.5, 0.6) is 0 Å². The van der Waals surface area contributed by atoms with Gasteiger partial charge in [-0.1, -0.05) is 12.8 Å². The van der Waals surface area contributed by atoms with E-state index in [2.05, 4.69) is 10.6 Å². The van der Waals surface area contributed by atoms with Crippen LogP contribution in [0.15, 0.2) is 0 Å². The lowest BCUT2D eigenvalue weighted by atomic mass is 10.0. The maximum absolute atomic E-state index is 11.4. The Hall–Kier alpha value is -0.570. The largest absolute Gasteiger partial charge is 0.337 e. The average Bonchev–Trinajstić information content (AvgIpc) is 2.29. The summed E-state index contributed by atoms with van der Waals surface area (Å²) >= 11 is 0. The molecular formula is C10H18N2O. The Morgan fingerprint density at radius 1 is 1.23 bits per heavy atom. The van der Waals surface area contributed by atoms with Gasteiger partial charge in [0, 0.05) is 0 Å². The molecule has 1 spiro atoms. The van der Waals surface area contributed by atoms with Crippen molar-refractivity contribution in [3.8, 4) is 0 Å². The van der Waals surface area contributed by atoms with Gasteiger partial charge in [0.25, 0.3) is 0 Å². The molecule has 1 saturated carbocycles. The first-order valence-electron chi connectivity index (χ1n) is 5.32. The number of hydrogen-bond acceptors (Lipinski definition) is 2. The molecule has 0 aromatic rings. The molecule has 2 rings (SSSR count). The molecule has 1 aliphatic heterocycles. The van der Waals surface area contributed by atoms with E-state index in [0.717, 1.165) is 12.8 Å². The molecule has 0 bridgehead atoms. The summed E-state index contributed by atoms with van der Waals surface area (Å²) in [6.07, 6.45) is 7.30. The van der Waals surface area contributed by atoms with E-state index < -0.39 is 0 Å². The van der Waals surface area contributed by atoms with Crippen LogP contribution >= 0.6 is 0 Å². The van der Waals surface area contributed by atoms with Gasteiger partial charge < -0.3 is 5.32 Å². The molecule has 1 saturated heterocycles. The van der Waals surface area contributed by atoms with Crippen molar-refractivity contribution in [1.29, 1.82) is 0 Å². The first-order valence-corrected chi connectivity index (χ1v) is 5.32. The number of carbonyl (C=O) groups excluding carboxylic acids is 1. The van der Waals surface area contributed by atoms with Crippen molar-refractivity contribution in [1.82, 2.24) is 10.6 Å². The van der Waals surface area contributed by atoms with Gasteiger partial charge >= 0.3 is 0 Å². The van der Waals surface area contributed by atoms with E-state index in [1.54, 1.807) is 0 Å². The second-order valence-corrected chi connectivity index (χ2v) is 4.35. The molecule has 1 heterocycles. The van der Waals surface area contributed by atoms with Crippen molar-refractivity contribution in [2.45, 2.75) is 57.2 Å². The summed E-state index contributed by atoms with van der Waals surface area (Å²) in [6, 6.07) is -0.00176. The van der Waals surface area contributed by atoms with Gasteiger partial charge in [-0.25, -0.2) is 0 Å². The molecule has 0 aromatic carbocycles. The topological polar surface area (TPSA) is 41.1 Å². The van der Waals surface area contributed by atoms with E-state index in [9.17, 15) is 4.79 Å². The highest BCUT2D eigenvalue weighted by Gasteiger charge is 2.40. The van der Waals surface area contributed by atoms with E-state index >= 15 is 0 Å². The number of rotatable bonds is 0. The molecule has 2 N–H and O–H groups in total. The Morgan fingerprint density at radius 2 is 1.85 bits per heavy atom. The molecule has 2 aliphatic rings. The molecule has 2 fully saturated rings. The molecule has 74 valence electrons. The zero-order valence-corrected chi connectivity index (χ0v) is 8.23. The highest BCUT2D eigenvalue weighted by Crippen LogP contribution is 2.27. The van der Waals surface area contributed by atoms with E-state index in [1.165, 1.54) is 25.7 Å². The maximum atomic E-state index is 11.4. The molecular weight excluding hydrogens is 164 g/mol. The highest BCUT2D eigenvalue weighted by molar-refractivity contribution is 5.84.